The minimum atomic E-state index is 0.474. The highest BCUT2D eigenvalue weighted by molar-refractivity contribution is 6.36. The Morgan fingerprint density at radius 1 is 1.13 bits per heavy atom. The molecular weight excluding hydrogens is 335 g/mol. The minimum absolute atomic E-state index is 0.474. The maximum Gasteiger partial charge on any atom is 0.247 e. The number of methoxy groups -OCH3 is 1. The van der Waals surface area contributed by atoms with Gasteiger partial charge in [0.25, 0.3) is 0 Å². The van der Waals surface area contributed by atoms with Crippen LogP contribution in [-0.4, -0.2) is 21.9 Å². The maximum atomic E-state index is 6.24. The molecule has 7 heteroatoms. The van der Waals surface area contributed by atoms with E-state index < -0.39 is 0 Å². The molecule has 3 aromatic rings. The Morgan fingerprint density at radius 2 is 1.96 bits per heavy atom. The topological polar surface area (TPSA) is 52.0 Å². The van der Waals surface area contributed by atoms with Crippen LogP contribution in [0, 0.1) is 0 Å². The molecule has 0 radical (unpaired) electrons. The van der Waals surface area contributed by atoms with Gasteiger partial charge in [-0.15, -0.1) is 5.10 Å². The van der Waals surface area contributed by atoms with E-state index in [4.69, 9.17) is 27.9 Å². The number of nitrogens with one attached hydrogen (secondary N) is 1. The van der Waals surface area contributed by atoms with E-state index in [2.05, 4.69) is 15.4 Å². The maximum absolute atomic E-state index is 6.24. The van der Waals surface area contributed by atoms with Crippen molar-refractivity contribution in [1.29, 1.82) is 0 Å². The lowest BCUT2D eigenvalue weighted by atomic mass is 10.2. The quantitative estimate of drug-likeness (QED) is 0.751. The molecule has 0 aliphatic heterocycles. The predicted molar refractivity (Wildman–Crippen MR) is 92.7 cm³/mol. The standard InChI is InChI=1S/C16H14Cl2N4O/c1-22-15(13-7-6-10(17)8-14(13)18)20-16(21-22)19-11-4-3-5-12(9-11)23-2/h3-9H,1-2H3,(H,19,21). The van der Waals surface area contributed by atoms with Crippen molar-refractivity contribution in [3.8, 4) is 17.1 Å². The van der Waals surface area contributed by atoms with Gasteiger partial charge in [0.05, 0.1) is 12.1 Å². The van der Waals surface area contributed by atoms with Crippen LogP contribution in [0.25, 0.3) is 11.4 Å². The van der Waals surface area contributed by atoms with Crippen LogP contribution in [-0.2, 0) is 7.05 Å². The normalized spacial score (nSPS) is 10.6. The first-order valence-electron chi connectivity index (χ1n) is 6.84. The molecule has 23 heavy (non-hydrogen) atoms. The van der Waals surface area contributed by atoms with Crippen LogP contribution in [0.5, 0.6) is 5.75 Å². The van der Waals surface area contributed by atoms with Crippen LogP contribution in [0.3, 0.4) is 0 Å². The zero-order valence-corrected chi connectivity index (χ0v) is 14.1. The van der Waals surface area contributed by atoms with Crippen LogP contribution in [0.1, 0.15) is 0 Å². The van der Waals surface area contributed by atoms with Gasteiger partial charge in [-0.2, -0.15) is 4.98 Å². The van der Waals surface area contributed by atoms with Crippen molar-refractivity contribution in [3.05, 3.63) is 52.5 Å². The smallest absolute Gasteiger partial charge is 0.247 e. The predicted octanol–water partition coefficient (Wildman–Crippen LogP) is 4.54. The fourth-order valence-corrected chi connectivity index (χ4v) is 2.67. The summed E-state index contributed by atoms with van der Waals surface area (Å²) in [5.74, 6) is 1.88. The fraction of sp³-hybridized carbons (Fsp3) is 0.125. The Labute approximate surface area is 143 Å². The first-order valence-corrected chi connectivity index (χ1v) is 7.60. The van der Waals surface area contributed by atoms with E-state index in [-0.39, 0.29) is 0 Å². The number of rotatable bonds is 4. The van der Waals surface area contributed by atoms with E-state index in [1.54, 1.807) is 23.9 Å². The van der Waals surface area contributed by atoms with E-state index in [0.29, 0.717) is 21.8 Å². The number of anilines is 2. The van der Waals surface area contributed by atoms with Crippen molar-refractivity contribution in [3.63, 3.8) is 0 Å². The largest absolute Gasteiger partial charge is 0.497 e. The lowest BCUT2D eigenvalue weighted by Gasteiger charge is -2.04. The molecule has 5 nitrogen and oxygen atoms in total. The van der Waals surface area contributed by atoms with Crippen LogP contribution in [0.2, 0.25) is 10.0 Å². The van der Waals surface area contributed by atoms with Crippen molar-refractivity contribution >= 4 is 34.8 Å². The number of hydrogen-bond donors (Lipinski definition) is 1. The number of ether oxygens (including phenoxy) is 1. The molecule has 0 unspecified atom stereocenters. The molecule has 1 aromatic heterocycles. The summed E-state index contributed by atoms with van der Waals surface area (Å²) in [7, 11) is 3.43. The highest BCUT2D eigenvalue weighted by Crippen LogP contribution is 2.30. The SMILES string of the molecule is COc1cccc(Nc2nc(-c3ccc(Cl)cc3Cl)n(C)n2)c1. The van der Waals surface area contributed by atoms with Gasteiger partial charge >= 0.3 is 0 Å². The summed E-state index contributed by atoms with van der Waals surface area (Å²) in [5.41, 5.74) is 1.61. The van der Waals surface area contributed by atoms with E-state index in [0.717, 1.165) is 17.0 Å². The van der Waals surface area contributed by atoms with Gasteiger partial charge in [-0.25, -0.2) is 4.68 Å². The number of aryl methyl sites for hydroxylation is 1. The van der Waals surface area contributed by atoms with Gasteiger partial charge in [-0.3, -0.25) is 0 Å². The van der Waals surface area contributed by atoms with Crippen LogP contribution < -0.4 is 10.1 Å². The van der Waals surface area contributed by atoms with E-state index in [1.165, 1.54) is 0 Å². The Bertz CT molecular complexity index is 848. The van der Waals surface area contributed by atoms with Crippen molar-refractivity contribution in [1.82, 2.24) is 14.8 Å². The molecule has 1 heterocycles. The van der Waals surface area contributed by atoms with E-state index >= 15 is 0 Å². The Hall–Kier alpha value is -2.24. The summed E-state index contributed by atoms with van der Waals surface area (Å²) >= 11 is 12.2. The number of hydrogen-bond acceptors (Lipinski definition) is 4. The molecule has 0 amide bonds. The zero-order valence-electron chi connectivity index (χ0n) is 12.5. The first-order chi connectivity index (χ1) is 11.1. The van der Waals surface area contributed by atoms with Crippen molar-refractivity contribution in [2.75, 3.05) is 12.4 Å². The summed E-state index contributed by atoms with van der Waals surface area (Å²) in [6.07, 6.45) is 0. The fourth-order valence-electron chi connectivity index (χ4n) is 2.17. The van der Waals surface area contributed by atoms with Gasteiger partial charge in [0.2, 0.25) is 5.95 Å². The molecular formula is C16H14Cl2N4O. The van der Waals surface area contributed by atoms with Crippen molar-refractivity contribution in [2.45, 2.75) is 0 Å². The third-order valence-electron chi connectivity index (χ3n) is 3.26. The van der Waals surface area contributed by atoms with E-state index in [9.17, 15) is 0 Å². The Morgan fingerprint density at radius 3 is 2.70 bits per heavy atom. The average Bonchev–Trinajstić information content (AvgIpc) is 2.88. The van der Waals surface area contributed by atoms with Gasteiger partial charge in [-0.05, 0) is 30.3 Å². The van der Waals surface area contributed by atoms with Gasteiger partial charge < -0.3 is 10.1 Å². The van der Waals surface area contributed by atoms with Gasteiger partial charge in [0, 0.05) is 29.4 Å². The molecule has 0 atom stereocenters. The zero-order chi connectivity index (χ0) is 16.4. The summed E-state index contributed by atoms with van der Waals surface area (Å²) in [5, 5.41) is 8.62. The second kappa shape index (κ2) is 6.48. The molecule has 0 saturated carbocycles. The van der Waals surface area contributed by atoms with Gasteiger partial charge in [-0.1, -0.05) is 29.3 Å². The molecule has 0 bridgehead atoms. The third kappa shape index (κ3) is 3.41. The van der Waals surface area contributed by atoms with Crippen LogP contribution in [0.15, 0.2) is 42.5 Å². The third-order valence-corrected chi connectivity index (χ3v) is 3.81. The second-order valence-electron chi connectivity index (χ2n) is 4.86. The molecule has 2 aromatic carbocycles. The summed E-state index contributed by atoms with van der Waals surface area (Å²) < 4.78 is 6.87. The minimum Gasteiger partial charge on any atom is -0.497 e. The number of benzene rings is 2. The van der Waals surface area contributed by atoms with Crippen LogP contribution >= 0.6 is 23.2 Å². The number of halogens is 2. The highest BCUT2D eigenvalue weighted by atomic mass is 35.5. The molecule has 0 aliphatic rings. The first kappa shape index (κ1) is 15.6. The lowest BCUT2D eigenvalue weighted by molar-refractivity contribution is 0.415. The van der Waals surface area contributed by atoms with Crippen molar-refractivity contribution < 1.29 is 4.74 Å². The summed E-state index contributed by atoms with van der Waals surface area (Å²) in [4.78, 5) is 4.49. The molecule has 0 fully saturated rings. The molecule has 3 rings (SSSR count). The molecule has 118 valence electrons. The van der Waals surface area contributed by atoms with Gasteiger partial charge in [0.1, 0.15) is 5.75 Å². The average molecular weight is 349 g/mol. The Balaban J connectivity index is 1.91. The molecule has 1 N–H and O–H groups in total. The molecule has 0 spiro atoms. The monoisotopic (exact) mass is 348 g/mol. The van der Waals surface area contributed by atoms with Gasteiger partial charge in [0.15, 0.2) is 5.82 Å². The van der Waals surface area contributed by atoms with Crippen molar-refractivity contribution in [2.24, 2.45) is 7.05 Å². The molecule has 0 aliphatic carbocycles. The number of aromatic nitrogens is 3. The lowest BCUT2D eigenvalue weighted by Crippen LogP contribution is -1.96. The number of nitrogens with zero attached hydrogens (tertiary/aromatic N) is 3. The Kier molecular flexibility index (Phi) is 4.41. The second-order valence-corrected chi connectivity index (χ2v) is 5.71. The summed E-state index contributed by atoms with van der Waals surface area (Å²) in [6.45, 7) is 0. The van der Waals surface area contributed by atoms with Crippen LogP contribution in [0.4, 0.5) is 11.6 Å². The molecule has 0 saturated heterocycles. The summed E-state index contributed by atoms with van der Waals surface area (Å²) in [6, 6.07) is 12.8. The highest BCUT2D eigenvalue weighted by Gasteiger charge is 2.13. The van der Waals surface area contributed by atoms with E-state index in [1.807, 2.05) is 37.4 Å².